The van der Waals surface area contributed by atoms with Crippen LogP contribution in [0.25, 0.3) is 0 Å². The average molecular weight is 210 g/mol. The number of nitrogens with zero attached hydrogens (tertiary/aromatic N) is 3. The Labute approximate surface area is 84.4 Å². The molecule has 2 heterocycles. The van der Waals surface area contributed by atoms with Crippen molar-refractivity contribution >= 4 is 5.82 Å². The van der Waals surface area contributed by atoms with Gasteiger partial charge in [-0.15, -0.1) is 0 Å². The first-order valence-electron chi connectivity index (χ1n) is 4.23. The van der Waals surface area contributed by atoms with Crippen LogP contribution >= 0.6 is 0 Å². The summed E-state index contributed by atoms with van der Waals surface area (Å²) in [5, 5.41) is 3.83. The highest BCUT2D eigenvalue weighted by molar-refractivity contribution is 5.24. The first-order valence-corrected chi connectivity index (χ1v) is 4.23. The molecule has 0 unspecified atom stereocenters. The Bertz CT molecular complexity index is 460. The third-order valence-corrected chi connectivity index (χ3v) is 1.93. The summed E-state index contributed by atoms with van der Waals surface area (Å²) in [4.78, 5) is 3.39. The van der Waals surface area contributed by atoms with Crippen molar-refractivity contribution in [3.63, 3.8) is 0 Å². The molecule has 0 aliphatic carbocycles. The molecule has 0 amide bonds. The van der Waals surface area contributed by atoms with Gasteiger partial charge in [-0.25, -0.2) is 8.78 Å². The van der Waals surface area contributed by atoms with Gasteiger partial charge in [-0.3, -0.25) is 9.67 Å². The minimum atomic E-state index is -0.691. The number of rotatable bonds is 2. The smallest absolute Gasteiger partial charge is 0.149 e. The van der Waals surface area contributed by atoms with Crippen LogP contribution in [0.2, 0.25) is 0 Å². The minimum absolute atomic E-state index is 0.00259. The van der Waals surface area contributed by atoms with Crippen LogP contribution in [0, 0.1) is 11.6 Å². The molecule has 0 saturated carbocycles. The highest BCUT2D eigenvalue weighted by atomic mass is 19.1. The first kappa shape index (κ1) is 9.57. The summed E-state index contributed by atoms with van der Waals surface area (Å²) >= 11 is 0. The van der Waals surface area contributed by atoms with Crippen LogP contribution in [0.15, 0.2) is 24.7 Å². The molecule has 2 rings (SSSR count). The molecule has 0 radical (unpaired) electrons. The summed E-state index contributed by atoms with van der Waals surface area (Å²) in [7, 11) is 0. The monoisotopic (exact) mass is 210 g/mol. The number of aromatic nitrogens is 3. The molecular weight excluding hydrogens is 202 g/mol. The van der Waals surface area contributed by atoms with Gasteiger partial charge < -0.3 is 5.73 Å². The van der Waals surface area contributed by atoms with E-state index in [1.165, 1.54) is 4.68 Å². The fourth-order valence-electron chi connectivity index (χ4n) is 1.22. The van der Waals surface area contributed by atoms with Crippen molar-refractivity contribution in [2.24, 2.45) is 0 Å². The SMILES string of the molecule is Nc1ccn(Cc2c(F)cncc2F)n1. The van der Waals surface area contributed by atoms with Gasteiger partial charge in [-0.1, -0.05) is 0 Å². The lowest BCUT2D eigenvalue weighted by molar-refractivity contribution is 0.525. The largest absolute Gasteiger partial charge is 0.382 e. The number of halogens is 2. The van der Waals surface area contributed by atoms with Crippen LogP contribution in [0.5, 0.6) is 0 Å². The van der Waals surface area contributed by atoms with E-state index in [1.54, 1.807) is 12.3 Å². The quantitative estimate of drug-likeness (QED) is 0.809. The summed E-state index contributed by atoms with van der Waals surface area (Å²) < 4.78 is 27.7. The van der Waals surface area contributed by atoms with E-state index in [0.717, 1.165) is 12.4 Å². The first-order chi connectivity index (χ1) is 7.16. The van der Waals surface area contributed by atoms with E-state index >= 15 is 0 Å². The van der Waals surface area contributed by atoms with Gasteiger partial charge in [0.15, 0.2) is 0 Å². The average Bonchev–Trinajstić information content (AvgIpc) is 2.58. The molecule has 2 aromatic rings. The Balaban J connectivity index is 2.31. The van der Waals surface area contributed by atoms with Crippen molar-refractivity contribution in [3.05, 3.63) is 41.9 Å². The van der Waals surface area contributed by atoms with Gasteiger partial charge >= 0.3 is 0 Å². The molecule has 0 saturated heterocycles. The Morgan fingerprint density at radius 2 is 1.93 bits per heavy atom. The second kappa shape index (κ2) is 3.64. The molecule has 6 heteroatoms. The van der Waals surface area contributed by atoms with Crippen molar-refractivity contribution in [1.82, 2.24) is 14.8 Å². The molecule has 0 aromatic carbocycles. The van der Waals surface area contributed by atoms with Crippen molar-refractivity contribution in [2.75, 3.05) is 5.73 Å². The van der Waals surface area contributed by atoms with Crippen LogP contribution in [0.1, 0.15) is 5.56 Å². The van der Waals surface area contributed by atoms with Crippen molar-refractivity contribution in [1.29, 1.82) is 0 Å². The molecule has 2 N–H and O–H groups in total. The van der Waals surface area contributed by atoms with Gasteiger partial charge in [0.2, 0.25) is 0 Å². The van der Waals surface area contributed by atoms with Gasteiger partial charge in [0.1, 0.15) is 17.5 Å². The Hall–Kier alpha value is -1.98. The molecule has 78 valence electrons. The van der Waals surface area contributed by atoms with Crippen LogP contribution in [-0.2, 0) is 6.54 Å². The Morgan fingerprint density at radius 3 is 2.47 bits per heavy atom. The predicted octanol–water partition coefficient (Wildman–Crippen LogP) is 1.19. The highest BCUT2D eigenvalue weighted by Gasteiger charge is 2.09. The second-order valence-electron chi connectivity index (χ2n) is 3.02. The number of hydrogen-bond donors (Lipinski definition) is 1. The van der Waals surface area contributed by atoms with Crippen molar-refractivity contribution in [2.45, 2.75) is 6.54 Å². The summed E-state index contributed by atoms with van der Waals surface area (Å²) in [6, 6.07) is 1.55. The van der Waals surface area contributed by atoms with E-state index in [9.17, 15) is 8.78 Å². The van der Waals surface area contributed by atoms with Gasteiger partial charge in [0.25, 0.3) is 0 Å². The van der Waals surface area contributed by atoms with Gasteiger partial charge in [0.05, 0.1) is 18.9 Å². The molecule has 0 aliphatic heterocycles. The molecule has 15 heavy (non-hydrogen) atoms. The van der Waals surface area contributed by atoms with Gasteiger partial charge in [-0.05, 0) is 6.07 Å². The zero-order chi connectivity index (χ0) is 10.8. The Kier molecular flexibility index (Phi) is 2.32. The summed E-state index contributed by atoms with van der Waals surface area (Å²) in [5.74, 6) is -1.07. The third kappa shape index (κ3) is 1.93. The maximum Gasteiger partial charge on any atom is 0.149 e. The second-order valence-corrected chi connectivity index (χ2v) is 3.02. The Morgan fingerprint density at radius 1 is 1.27 bits per heavy atom. The van der Waals surface area contributed by atoms with Crippen LogP contribution < -0.4 is 5.73 Å². The maximum absolute atomic E-state index is 13.2. The predicted molar refractivity (Wildman–Crippen MR) is 49.9 cm³/mol. The van der Waals surface area contributed by atoms with Crippen LogP contribution in [-0.4, -0.2) is 14.8 Å². The molecule has 0 bridgehead atoms. The molecule has 2 aromatic heterocycles. The lowest BCUT2D eigenvalue weighted by Gasteiger charge is -2.03. The fourth-order valence-corrected chi connectivity index (χ4v) is 1.22. The minimum Gasteiger partial charge on any atom is -0.382 e. The number of hydrogen-bond acceptors (Lipinski definition) is 3. The molecule has 0 fully saturated rings. The molecular formula is C9H8F2N4. The maximum atomic E-state index is 13.2. The number of pyridine rings is 1. The van der Waals surface area contributed by atoms with Crippen LogP contribution in [0.4, 0.5) is 14.6 Å². The van der Waals surface area contributed by atoms with E-state index < -0.39 is 11.6 Å². The number of nitrogens with two attached hydrogens (primary N) is 1. The highest BCUT2D eigenvalue weighted by Crippen LogP contribution is 2.12. The molecule has 0 aliphatic rings. The topological polar surface area (TPSA) is 56.7 Å². The number of anilines is 1. The van der Waals surface area contributed by atoms with Crippen molar-refractivity contribution in [3.8, 4) is 0 Å². The summed E-state index contributed by atoms with van der Waals surface area (Å²) in [6.45, 7) is -0.00259. The van der Waals surface area contributed by atoms with E-state index in [0.29, 0.717) is 5.82 Å². The standard InChI is InChI=1S/C9H8F2N4/c10-7-3-13-4-8(11)6(7)5-15-2-1-9(12)14-15/h1-4H,5H2,(H2,12,14). The van der Waals surface area contributed by atoms with E-state index in [-0.39, 0.29) is 12.1 Å². The fraction of sp³-hybridized carbons (Fsp3) is 0.111. The summed E-state index contributed by atoms with van der Waals surface area (Å²) in [5.41, 5.74) is 5.30. The summed E-state index contributed by atoms with van der Waals surface area (Å²) in [6.07, 6.45) is 3.48. The lowest BCUT2D eigenvalue weighted by atomic mass is 10.2. The molecule has 0 spiro atoms. The third-order valence-electron chi connectivity index (χ3n) is 1.93. The van der Waals surface area contributed by atoms with Gasteiger partial charge in [0, 0.05) is 11.8 Å². The van der Waals surface area contributed by atoms with Gasteiger partial charge in [-0.2, -0.15) is 5.10 Å². The van der Waals surface area contributed by atoms with Crippen LogP contribution in [0.3, 0.4) is 0 Å². The van der Waals surface area contributed by atoms with E-state index in [1.807, 2.05) is 0 Å². The zero-order valence-electron chi connectivity index (χ0n) is 7.69. The normalized spacial score (nSPS) is 10.5. The number of nitrogen functional groups attached to an aromatic ring is 1. The zero-order valence-corrected chi connectivity index (χ0v) is 7.69. The molecule has 0 atom stereocenters. The van der Waals surface area contributed by atoms with Crippen molar-refractivity contribution < 1.29 is 8.78 Å². The van der Waals surface area contributed by atoms with E-state index in [4.69, 9.17) is 5.73 Å². The van der Waals surface area contributed by atoms with E-state index in [2.05, 4.69) is 10.1 Å². The lowest BCUT2D eigenvalue weighted by Crippen LogP contribution is -2.06. The molecule has 4 nitrogen and oxygen atoms in total.